The van der Waals surface area contributed by atoms with Crippen molar-refractivity contribution in [1.82, 2.24) is 4.98 Å². The number of aromatic nitrogens is 1. The molecule has 0 bridgehead atoms. The van der Waals surface area contributed by atoms with Crippen LogP contribution in [-0.2, 0) is 9.59 Å². The Morgan fingerprint density at radius 3 is 2.81 bits per heavy atom. The van der Waals surface area contributed by atoms with Gasteiger partial charge in [0.1, 0.15) is 5.82 Å². The summed E-state index contributed by atoms with van der Waals surface area (Å²) in [6.45, 7) is 1.36. The number of hydrogen-bond acceptors (Lipinski definition) is 5. The van der Waals surface area contributed by atoms with Gasteiger partial charge >= 0.3 is 0 Å². The highest BCUT2D eigenvalue weighted by Crippen LogP contribution is 2.30. The molecule has 2 atom stereocenters. The van der Waals surface area contributed by atoms with Crippen molar-refractivity contribution in [3.63, 3.8) is 0 Å². The number of benzene rings is 1. The van der Waals surface area contributed by atoms with E-state index in [1.54, 1.807) is 17.5 Å². The summed E-state index contributed by atoms with van der Waals surface area (Å²) < 4.78 is 14.3. The van der Waals surface area contributed by atoms with Crippen molar-refractivity contribution < 1.29 is 14.0 Å². The molecule has 2 unspecified atom stereocenters. The monoisotopic (exact) mass is 376 g/mol. The Balaban J connectivity index is 1.69. The first-order valence-corrected chi connectivity index (χ1v) is 9.40. The normalized spacial score (nSPS) is 19.8. The van der Waals surface area contributed by atoms with Crippen molar-refractivity contribution in [2.24, 2.45) is 11.7 Å². The van der Waals surface area contributed by atoms with Gasteiger partial charge in [-0.3, -0.25) is 9.59 Å². The number of anilines is 2. The van der Waals surface area contributed by atoms with Crippen molar-refractivity contribution >= 4 is 34.0 Å². The molecule has 0 radical (unpaired) electrons. The summed E-state index contributed by atoms with van der Waals surface area (Å²) in [4.78, 5) is 27.7. The fourth-order valence-electron chi connectivity index (χ4n) is 3.13. The molecule has 1 saturated carbocycles. The molecule has 1 aromatic heterocycles. The second kappa shape index (κ2) is 7.92. The third-order valence-corrected chi connectivity index (χ3v) is 5.14. The Kier molecular flexibility index (Phi) is 5.63. The number of rotatable bonds is 4. The van der Waals surface area contributed by atoms with Crippen molar-refractivity contribution in [2.75, 3.05) is 10.6 Å². The van der Waals surface area contributed by atoms with E-state index in [0.717, 1.165) is 19.3 Å². The molecule has 0 aliphatic heterocycles. The fourth-order valence-corrected chi connectivity index (χ4v) is 3.85. The lowest BCUT2D eigenvalue weighted by Gasteiger charge is -2.25. The minimum absolute atomic E-state index is 0.0718. The summed E-state index contributed by atoms with van der Waals surface area (Å²) in [7, 11) is 0. The van der Waals surface area contributed by atoms with Gasteiger partial charge in [0, 0.05) is 35.5 Å². The molecule has 2 aromatic rings. The second-order valence-corrected chi connectivity index (χ2v) is 7.38. The molecule has 1 heterocycles. The topological polar surface area (TPSA) is 97.1 Å². The van der Waals surface area contributed by atoms with Gasteiger partial charge in [0.25, 0.3) is 0 Å². The maximum absolute atomic E-state index is 14.3. The molecule has 3 rings (SSSR count). The highest BCUT2D eigenvalue weighted by Gasteiger charge is 2.26. The minimum atomic E-state index is -0.488. The van der Waals surface area contributed by atoms with E-state index in [-0.39, 0.29) is 23.8 Å². The number of amides is 2. The van der Waals surface area contributed by atoms with Gasteiger partial charge in [-0.25, -0.2) is 9.37 Å². The van der Waals surface area contributed by atoms with Crippen LogP contribution in [-0.4, -0.2) is 22.8 Å². The molecule has 1 fully saturated rings. The molecule has 138 valence electrons. The van der Waals surface area contributed by atoms with Crippen molar-refractivity contribution in [2.45, 2.75) is 38.6 Å². The highest BCUT2D eigenvalue weighted by molar-refractivity contribution is 7.14. The second-order valence-electron chi connectivity index (χ2n) is 6.53. The zero-order chi connectivity index (χ0) is 18.7. The Morgan fingerprint density at radius 2 is 2.12 bits per heavy atom. The van der Waals surface area contributed by atoms with Crippen LogP contribution in [0.3, 0.4) is 0 Å². The summed E-state index contributed by atoms with van der Waals surface area (Å²) >= 11 is 1.25. The average Bonchev–Trinajstić information content (AvgIpc) is 3.02. The molecule has 1 aromatic carbocycles. The van der Waals surface area contributed by atoms with Crippen LogP contribution in [0.1, 0.15) is 32.6 Å². The smallest absolute Gasteiger partial charge is 0.229 e. The third kappa shape index (κ3) is 4.44. The van der Waals surface area contributed by atoms with Gasteiger partial charge in [0.15, 0.2) is 5.13 Å². The van der Waals surface area contributed by atoms with E-state index in [0.29, 0.717) is 28.5 Å². The molecule has 6 nitrogen and oxygen atoms in total. The summed E-state index contributed by atoms with van der Waals surface area (Å²) in [6, 6.07) is 4.49. The summed E-state index contributed by atoms with van der Waals surface area (Å²) in [6.07, 6.45) is 3.42. The maximum Gasteiger partial charge on any atom is 0.229 e. The lowest BCUT2D eigenvalue weighted by Crippen LogP contribution is -2.34. The number of nitrogens with zero attached hydrogens (tertiary/aromatic N) is 1. The zero-order valence-corrected chi connectivity index (χ0v) is 15.2. The van der Waals surface area contributed by atoms with E-state index in [1.807, 2.05) is 0 Å². The van der Waals surface area contributed by atoms with Crippen LogP contribution in [0.15, 0.2) is 23.6 Å². The Hall–Kier alpha value is -2.32. The van der Waals surface area contributed by atoms with Gasteiger partial charge in [-0.1, -0.05) is 6.42 Å². The van der Waals surface area contributed by atoms with E-state index >= 15 is 0 Å². The van der Waals surface area contributed by atoms with E-state index in [9.17, 15) is 14.0 Å². The number of thiazole rings is 1. The van der Waals surface area contributed by atoms with Gasteiger partial charge in [-0.2, -0.15) is 0 Å². The lowest BCUT2D eigenvalue weighted by molar-refractivity contribution is -0.121. The van der Waals surface area contributed by atoms with Crippen LogP contribution in [0.5, 0.6) is 0 Å². The minimum Gasteiger partial charge on any atom is -0.328 e. The van der Waals surface area contributed by atoms with Crippen LogP contribution in [0.4, 0.5) is 15.2 Å². The number of carbonyl (C=O) groups excluding carboxylic acids is 2. The van der Waals surface area contributed by atoms with Gasteiger partial charge in [0.05, 0.1) is 5.69 Å². The standard InChI is InChI=1S/C18H21FN4O2S/c1-10(24)21-13-5-6-14(15(19)8-13)16-9-26-18(22-16)23-17(25)11-3-2-4-12(20)7-11/h5-6,8-9,11-12H,2-4,7,20H2,1H3,(H,21,24)(H,22,23,25). The molecule has 1 aliphatic rings. The van der Waals surface area contributed by atoms with Crippen LogP contribution in [0.25, 0.3) is 11.3 Å². The molecule has 26 heavy (non-hydrogen) atoms. The first-order valence-electron chi connectivity index (χ1n) is 8.52. The molecular weight excluding hydrogens is 355 g/mol. The molecule has 1 aliphatic carbocycles. The molecule has 0 spiro atoms. The van der Waals surface area contributed by atoms with E-state index in [4.69, 9.17) is 5.73 Å². The van der Waals surface area contributed by atoms with Crippen molar-refractivity contribution in [3.05, 3.63) is 29.4 Å². The van der Waals surface area contributed by atoms with Crippen LogP contribution in [0, 0.1) is 11.7 Å². The summed E-state index contributed by atoms with van der Waals surface area (Å²) in [5.41, 5.74) is 7.08. The van der Waals surface area contributed by atoms with Crippen molar-refractivity contribution in [1.29, 1.82) is 0 Å². The average molecular weight is 376 g/mol. The number of halogens is 1. The molecule has 0 saturated heterocycles. The molecular formula is C18H21FN4O2S. The largest absolute Gasteiger partial charge is 0.328 e. The Morgan fingerprint density at radius 1 is 1.31 bits per heavy atom. The molecule has 2 amide bonds. The number of nitrogens with two attached hydrogens (primary N) is 1. The van der Waals surface area contributed by atoms with Crippen LogP contribution < -0.4 is 16.4 Å². The van der Waals surface area contributed by atoms with Gasteiger partial charge in [0.2, 0.25) is 11.8 Å². The van der Waals surface area contributed by atoms with Gasteiger partial charge < -0.3 is 16.4 Å². The first kappa shape index (κ1) is 18.5. The van der Waals surface area contributed by atoms with Crippen molar-refractivity contribution in [3.8, 4) is 11.3 Å². The summed E-state index contributed by atoms with van der Waals surface area (Å²) in [5, 5.41) is 7.48. The van der Waals surface area contributed by atoms with E-state index in [1.165, 1.54) is 24.3 Å². The Labute approximate surface area is 155 Å². The third-order valence-electron chi connectivity index (χ3n) is 4.39. The zero-order valence-electron chi connectivity index (χ0n) is 14.4. The highest BCUT2D eigenvalue weighted by atomic mass is 32.1. The number of carbonyl (C=O) groups is 2. The SMILES string of the molecule is CC(=O)Nc1ccc(-c2csc(NC(=O)C3CCCC(N)C3)n2)c(F)c1. The number of nitrogens with one attached hydrogen (secondary N) is 2. The van der Waals surface area contributed by atoms with Crippen LogP contribution >= 0.6 is 11.3 Å². The first-order chi connectivity index (χ1) is 12.4. The van der Waals surface area contributed by atoms with Gasteiger partial charge in [-0.05, 0) is 37.5 Å². The maximum atomic E-state index is 14.3. The van der Waals surface area contributed by atoms with E-state index in [2.05, 4.69) is 15.6 Å². The van der Waals surface area contributed by atoms with E-state index < -0.39 is 5.82 Å². The fraction of sp³-hybridized carbons (Fsp3) is 0.389. The predicted molar refractivity (Wildman–Crippen MR) is 100 cm³/mol. The Bertz CT molecular complexity index is 823. The quantitative estimate of drug-likeness (QED) is 0.762. The van der Waals surface area contributed by atoms with Crippen LogP contribution in [0.2, 0.25) is 0 Å². The molecule has 4 N–H and O–H groups in total. The number of hydrogen-bond donors (Lipinski definition) is 3. The van der Waals surface area contributed by atoms with Gasteiger partial charge in [-0.15, -0.1) is 11.3 Å². The molecule has 8 heteroatoms. The summed E-state index contributed by atoms with van der Waals surface area (Å²) in [5.74, 6) is -0.932. The lowest BCUT2D eigenvalue weighted by atomic mass is 9.86. The predicted octanol–water partition coefficient (Wildman–Crippen LogP) is 3.36.